The zero-order chi connectivity index (χ0) is 24.5. The van der Waals surface area contributed by atoms with Gasteiger partial charge in [-0.25, -0.2) is 4.98 Å². The number of carbonyl (C=O) groups is 1. The van der Waals surface area contributed by atoms with Gasteiger partial charge in [0, 0.05) is 5.69 Å². The average Bonchev–Trinajstić information content (AvgIpc) is 3.15. The third kappa shape index (κ3) is 4.20. The molecule has 3 heterocycles. The van der Waals surface area contributed by atoms with Crippen molar-refractivity contribution in [1.82, 2.24) is 4.98 Å². The molecule has 35 heavy (non-hydrogen) atoms. The van der Waals surface area contributed by atoms with Crippen molar-refractivity contribution in [2.45, 2.75) is 46.1 Å². The van der Waals surface area contributed by atoms with Gasteiger partial charge in [0.05, 0.1) is 23.6 Å². The van der Waals surface area contributed by atoms with Gasteiger partial charge >= 0.3 is 0 Å². The molecule has 1 amide bonds. The molecule has 1 aliphatic rings. The Labute approximate surface area is 204 Å². The number of aromatic nitrogens is 1. The van der Waals surface area contributed by atoms with E-state index in [1.54, 1.807) is 17.0 Å². The summed E-state index contributed by atoms with van der Waals surface area (Å²) in [7, 11) is 0. The monoisotopic (exact) mass is 468 g/mol. The number of ether oxygens (including phenoxy) is 1. The lowest BCUT2D eigenvalue weighted by Crippen LogP contribution is -2.30. The molecule has 6 heteroatoms. The molecule has 0 saturated carbocycles. The minimum atomic E-state index is -0.651. The second-order valence-corrected chi connectivity index (χ2v) is 9.01. The molecule has 0 bridgehead atoms. The predicted molar refractivity (Wildman–Crippen MR) is 136 cm³/mol. The number of amides is 1. The number of rotatable bonds is 7. The number of anilines is 1. The first-order chi connectivity index (χ1) is 17.0. The second kappa shape index (κ2) is 9.37. The van der Waals surface area contributed by atoms with Gasteiger partial charge in [-0.15, -0.1) is 0 Å². The molecule has 5 rings (SSSR count). The molecule has 1 atom stereocenters. The van der Waals surface area contributed by atoms with Crippen molar-refractivity contribution in [3.8, 4) is 5.75 Å². The van der Waals surface area contributed by atoms with Crippen LogP contribution in [0.25, 0.3) is 11.0 Å². The summed E-state index contributed by atoms with van der Waals surface area (Å²) in [5.74, 6) is 0.934. The molecule has 6 nitrogen and oxygen atoms in total. The van der Waals surface area contributed by atoms with E-state index in [0.29, 0.717) is 29.0 Å². The molecule has 178 valence electrons. The number of pyridine rings is 1. The molecule has 1 unspecified atom stereocenters. The molecular formula is C29H28N2O4. The Morgan fingerprint density at radius 1 is 1.00 bits per heavy atom. The lowest BCUT2D eigenvalue weighted by molar-refractivity contribution is 0.0970. The lowest BCUT2D eigenvalue weighted by Gasteiger charge is -2.24. The number of nitrogens with zero attached hydrogens (tertiary/aromatic N) is 2. The maximum atomic E-state index is 13.7. The van der Waals surface area contributed by atoms with Crippen molar-refractivity contribution in [2.24, 2.45) is 0 Å². The highest BCUT2D eigenvalue weighted by Gasteiger charge is 2.44. The Morgan fingerprint density at radius 3 is 2.54 bits per heavy atom. The summed E-state index contributed by atoms with van der Waals surface area (Å²) in [4.78, 5) is 33.5. The van der Waals surface area contributed by atoms with Crippen LogP contribution in [0.1, 0.15) is 65.2 Å². The normalized spacial score (nSPS) is 15.0. The van der Waals surface area contributed by atoms with Crippen LogP contribution in [0.2, 0.25) is 0 Å². The van der Waals surface area contributed by atoms with E-state index in [0.717, 1.165) is 41.8 Å². The number of hydrogen-bond acceptors (Lipinski definition) is 5. The topological polar surface area (TPSA) is 72.6 Å². The van der Waals surface area contributed by atoms with Crippen LogP contribution in [0.4, 0.5) is 5.82 Å². The van der Waals surface area contributed by atoms with E-state index in [4.69, 9.17) is 9.15 Å². The van der Waals surface area contributed by atoms with Gasteiger partial charge in [0.15, 0.2) is 5.43 Å². The smallest absolute Gasteiger partial charge is 0.296 e. The third-order valence-corrected chi connectivity index (χ3v) is 6.36. The van der Waals surface area contributed by atoms with E-state index in [9.17, 15) is 9.59 Å². The van der Waals surface area contributed by atoms with Gasteiger partial charge in [0.25, 0.3) is 5.91 Å². The summed E-state index contributed by atoms with van der Waals surface area (Å²) < 4.78 is 11.9. The summed E-state index contributed by atoms with van der Waals surface area (Å²) in [5, 5.41) is 0.469. The first kappa shape index (κ1) is 22.8. The highest BCUT2D eigenvalue weighted by molar-refractivity contribution is 6.10. The third-order valence-electron chi connectivity index (χ3n) is 6.36. The fraction of sp³-hybridized carbons (Fsp3) is 0.276. The minimum absolute atomic E-state index is 0.0690. The van der Waals surface area contributed by atoms with Crippen LogP contribution in [0.15, 0.2) is 69.9 Å². The average molecular weight is 469 g/mol. The molecule has 0 saturated heterocycles. The Bertz CT molecular complexity index is 1460. The number of fused-ring (bicyclic) bond motifs is 2. The number of benzene rings is 2. The van der Waals surface area contributed by atoms with Gasteiger partial charge in [0.2, 0.25) is 5.76 Å². The van der Waals surface area contributed by atoms with Crippen LogP contribution in [0.3, 0.4) is 0 Å². The van der Waals surface area contributed by atoms with Crippen molar-refractivity contribution in [2.75, 3.05) is 11.5 Å². The number of hydrogen-bond donors (Lipinski definition) is 0. The Balaban J connectivity index is 1.63. The SMILES string of the molecule is CCCCCOc1ccc(C2c3c(oc4ccc(C)cc4c3=O)C(=O)N2c2cccc(C)n2)cc1. The van der Waals surface area contributed by atoms with Gasteiger partial charge < -0.3 is 9.15 Å². The zero-order valence-electron chi connectivity index (χ0n) is 20.2. The second-order valence-electron chi connectivity index (χ2n) is 9.01. The summed E-state index contributed by atoms with van der Waals surface area (Å²) in [5.41, 5.74) is 3.07. The Kier molecular flexibility index (Phi) is 6.12. The molecule has 0 spiro atoms. The van der Waals surface area contributed by atoms with Crippen LogP contribution < -0.4 is 15.1 Å². The van der Waals surface area contributed by atoms with E-state index in [1.807, 2.05) is 62.4 Å². The number of carbonyl (C=O) groups excluding carboxylic acids is 1. The van der Waals surface area contributed by atoms with Crippen molar-refractivity contribution in [3.05, 3.63) is 99.0 Å². The molecule has 0 N–H and O–H groups in total. The van der Waals surface area contributed by atoms with Gasteiger partial charge in [-0.3, -0.25) is 14.5 Å². The van der Waals surface area contributed by atoms with E-state index >= 15 is 0 Å². The van der Waals surface area contributed by atoms with Gasteiger partial charge in [-0.2, -0.15) is 0 Å². The van der Waals surface area contributed by atoms with Crippen LogP contribution in [0, 0.1) is 13.8 Å². The van der Waals surface area contributed by atoms with E-state index in [2.05, 4.69) is 11.9 Å². The quantitative estimate of drug-likeness (QED) is 0.305. The molecule has 2 aromatic heterocycles. The standard InChI is InChI=1S/C29H28N2O4/c1-4-5-6-16-34-21-13-11-20(12-14-21)26-25-27(32)22-17-18(2)10-15-23(22)35-28(25)29(33)31(26)24-9-7-8-19(3)30-24/h7-15,17,26H,4-6,16H2,1-3H3. The first-order valence-electron chi connectivity index (χ1n) is 12.0. The lowest BCUT2D eigenvalue weighted by atomic mass is 9.98. The number of unbranched alkanes of at least 4 members (excludes halogenated alkanes) is 2. The Hall–Kier alpha value is -3.93. The molecule has 0 fully saturated rings. The minimum Gasteiger partial charge on any atom is -0.494 e. The summed E-state index contributed by atoms with van der Waals surface area (Å²) >= 11 is 0. The molecule has 0 radical (unpaired) electrons. The molecule has 1 aliphatic heterocycles. The zero-order valence-corrected chi connectivity index (χ0v) is 20.2. The van der Waals surface area contributed by atoms with Crippen LogP contribution >= 0.6 is 0 Å². The van der Waals surface area contributed by atoms with Crippen molar-refractivity contribution < 1.29 is 13.9 Å². The largest absolute Gasteiger partial charge is 0.494 e. The van der Waals surface area contributed by atoms with E-state index in [1.165, 1.54) is 0 Å². The fourth-order valence-corrected chi connectivity index (χ4v) is 4.59. The maximum Gasteiger partial charge on any atom is 0.296 e. The fourth-order valence-electron chi connectivity index (χ4n) is 4.59. The van der Waals surface area contributed by atoms with Gasteiger partial charge in [-0.1, -0.05) is 49.6 Å². The molecule has 4 aromatic rings. The molecule has 2 aromatic carbocycles. The highest BCUT2D eigenvalue weighted by atomic mass is 16.5. The predicted octanol–water partition coefficient (Wildman–Crippen LogP) is 6.12. The highest BCUT2D eigenvalue weighted by Crippen LogP contribution is 2.41. The summed E-state index contributed by atoms with van der Waals surface area (Å²) in [6.07, 6.45) is 3.26. The van der Waals surface area contributed by atoms with E-state index < -0.39 is 6.04 Å². The summed E-state index contributed by atoms with van der Waals surface area (Å²) in [6.45, 7) is 6.62. The van der Waals surface area contributed by atoms with Crippen LogP contribution in [-0.2, 0) is 0 Å². The van der Waals surface area contributed by atoms with E-state index in [-0.39, 0.29) is 17.1 Å². The van der Waals surface area contributed by atoms with Gasteiger partial charge in [-0.05, 0) is 62.2 Å². The summed E-state index contributed by atoms with van der Waals surface area (Å²) in [6, 6.07) is 17.9. The molecular weight excluding hydrogens is 440 g/mol. The Morgan fingerprint density at radius 2 is 1.80 bits per heavy atom. The maximum absolute atomic E-state index is 13.7. The van der Waals surface area contributed by atoms with Crippen molar-refractivity contribution in [1.29, 1.82) is 0 Å². The van der Waals surface area contributed by atoms with Crippen LogP contribution in [-0.4, -0.2) is 17.5 Å². The van der Waals surface area contributed by atoms with Crippen LogP contribution in [0.5, 0.6) is 5.75 Å². The first-order valence-corrected chi connectivity index (χ1v) is 12.0. The van der Waals surface area contributed by atoms with Crippen molar-refractivity contribution in [3.63, 3.8) is 0 Å². The van der Waals surface area contributed by atoms with Crippen molar-refractivity contribution >= 4 is 22.7 Å². The van der Waals surface area contributed by atoms with Gasteiger partial charge in [0.1, 0.15) is 17.2 Å². The molecule has 0 aliphatic carbocycles. The number of aryl methyl sites for hydroxylation is 2.